The molecule has 2 aromatic rings. The molecular formula is C17H15F3N2O3S. The number of nitrogens with zero attached hydrogens (tertiary/aromatic N) is 1. The SMILES string of the molecule is O=C(Nc1cccc(N2CCCCS2(=O)=O)c1)c1ccc(F)c(F)c1F. The monoisotopic (exact) mass is 384 g/mol. The summed E-state index contributed by atoms with van der Waals surface area (Å²) in [6.45, 7) is 0.331. The van der Waals surface area contributed by atoms with Crippen LogP contribution < -0.4 is 9.62 Å². The van der Waals surface area contributed by atoms with Gasteiger partial charge in [-0.05, 0) is 43.2 Å². The summed E-state index contributed by atoms with van der Waals surface area (Å²) in [5, 5.41) is 2.36. The van der Waals surface area contributed by atoms with Crippen molar-refractivity contribution in [2.45, 2.75) is 12.8 Å². The van der Waals surface area contributed by atoms with Crippen LogP contribution in [0.4, 0.5) is 24.5 Å². The molecule has 1 fully saturated rings. The Balaban J connectivity index is 1.85. The zero-order chi connectivity index (χ0) is 18.9. The van der Waals surface area contributed by atoms with E-state index in [9.17, 15) is 26.4 Å². The Labute approximate surface area is 148 Å². The van der Waals surface area contributed by atoms with Gasteiger partial charge in [-0.3, -0.25) is 9.10 Å². The number of carbonyl (C=O) groups is 1. The van der Waals surface area contributed by atoms with Crippen molar-refractivity contribution in [2.75, 3.05) is 21.9 Å². The van der Waals surface area contributed by atoms with Gasteiger partial charge in [0.15, 0.2) is 17.5 Å². The van der Waals surface area contributed by atoms with Crippen molar-refractivity contribution in [3.63, 3.8) is 0 Å². The molecule has 1 amide bonds. The number of benzene rings is 2. The molecule has 1 heterocycles. The van der Waals surface area contributed by atoms with E-state index in [1.807, 2.05) is 0 Å². The van der Waals surface area contributed by atoms with Gasteiger partial charge in [-0.2, -0.15) is 0 Å². The lowest BCUT2D eigenvalue weighted by Gasteiger charge is -2.28. The van der Waals surface area contributed by atoms with E-state index in [-0.39, 0.29) is 11.4 Å². The first-order chi connectivity index (χ1) is 12.3. The molecule has 0 aromatic heterocycles. The van der Waals surface area contributed by atoms with Gasteiger partial charge in [0.1, 0.15) is 0 Å². The average Bonchev–Trinajstić information content (AvgIpc) is 2.59. The molecule has 1 saturated heterocycles. The molecule has 5 nitrogen and oxygen atoms in total. The summed E-state index contributed by atoms with van der Waals surface area (Å²) in [5.41, 5.74) is -0.0782. The number of anilines is 2. The third kappa shape index (κ3) is 3.52. The number of hydrogen-bond acceptors (Lipinski definition) is 3. The van der Waals surface area contributed by atoms with Crippen molar-refractivity contribution >= 4 is 27.3 Å². The van der Waals surface area contributed by atoms with Crippen molar-refractivity contribution in [1.29, 1.82) is 0 Å². The number of carbonyl (C=O) groups excluding carboxylic acids is 1. The Kier molecular flexibility index (Phi) is 4.90. The van der Waals surface area contributed by atoms with E-state index >= 15 is 0 Å². The summed E-state index contributed by atoms with van der Waals surface area (Å²) < 4.78 is 65.6. The predicted molar refractivity (Wildman–Crippen MR) is 91.1 cm³/mol. The summed E-state index contributed by atoms with van der Waals surface area (Å²) in [6, 6.07) is 7.52. The molecule has 0 saturated carbocycles. The molecule has 0 spiro atoms. The topological polar surface area (TPSA) is 66.5 Å². The molecule has 3 rings (SSSR count). The van der Waals surface area contributed by atoms with Crippen LogP contribution in [-0.2, 0) is 10.0 Å². The molecular weight excluding hydrogens is 369 g/mol. The van der Waals surface area contributed by atoms with Crippen molar-refractivity contribution in [3.05, 3.63) is 59.4 Å². The van der Waals surface area contributed by atoms with Crippen LogP contribution in [0.1, 0.15) is 23.2 Å². The summed E-state index contributed by atoms with van der Waals surface area (Å²) in [6.07, 6.45) is 1.31. The number of hydrogen-bond donors (Lipinski definition) is 1. The van der Waals surface area contributed by atoms with E-state index < -0.39 is 38.9 Å². The first kappa shape index (κ1) is 18.2. The van der Waals surface area contributed by atoms with Crippen LogP contribution in [0.15, 0.2) is 36.4 Å². The summed E-state index contributed by atoms with van der Waals surface area (Å²) in [4.78, 5) is 12.1. The lowest BCUT2D eigenvalue weighted by Crippen LogP contribution is -2.37. The maximum absolute atomic E-state index is 13.7. The summed E-state index contributed by atoms with van der Waals surface area (Å²) in [5.74, 6) is -5.64. The molecule has 1 aliphatic heterocycles. The highest BCUT2D eigenvalue weighted by molar-refractivity contribution is 7.92. The standard InChI is InChI=1S/C17H15F3N2O3S/c18-14-7-6-13(15(19)16(14)20)17(23)21-11-4-3-5-12(10-11)22-8-1-2-9-26(22,24)25/h3-7,10H,1-2,8-9H2,(H,21,23). The third-order valence-corrected chi connectivity index (χ3v) is 5.89. The second-order valence-electron chi connectivity index (χ2n) is 5.82. The second kappa shape index (κ2) is 6.99. The van der Waals surface area contributed by atoms with Gasteiger partial charge in [0, 0.05) is 12.2 Å². The van der Waals surface area contributed by atoms with E-state index in [1.165, 1.54) is 22.5 Å². The number of nitrogens with one attached hydrogen (secondary N) is 1. The molecule has 0 bridgehead atoms. The van der Waals surface area contributed by atoms with Gasteiger partial charge >= 0.3 is 0 Å². The Hall–Kier alpha value is -2.55. The van der Waals surface area contributed by atoms with Crippen LogP contribution >= 0.6 is 0 Å². The van der Waals surface area contributed by atoms with Gasteiger partial charge in [0.05, 0.1) is 17.0 Å². The largest absolute Gasteiger partial charge is 0.322 e. The molecule has 1 aliphatic rings. The summed E-state index contributed by atoms with van der Waals surface area (Å²) >= 11 is 0. The highest BCUT2D eigenvalue weighted by Gasteiger charge is 2.26. The third-order valence-electron chi connectivity index (χ3n) is 4.02. The van der Waals surface area contributed by atoms with Gasteiger partial charge < -0.3 is 5.32 Å². The van der Waals surface area contributed by atoms with E-state index in [1.54, 1.807) is 6.07 Å². The average molecular weight is 384 g/mol. The highest BCUT2D eigenvalue weighted by atomic mass is 32.2. The Bertz CT molecular complexity index is 964. The Morgan fingerprint density at radius 2 is 1.81 bits per heavy atom. The minimum atomic E-state index is -3.42. The van der Waals surface area contributed by atoms with Crippen LogP contribution in [0.3, 0.4) is 0 Å². The fourth-order valence-corrected chi connectivity index (χ4v) is 4.35. The lowest BCUT2D eigenvalue weighted by molar-refractivity contribution is 0.102. The molecule has 138 valence electrons. The second-order valence-corrected chi connectivity index (χ2v) is 7.84. The number of rotatable bonds is 3. The number of halogens is 3. The van der Waals surface area contributed by atoms with Crippen molar-refractivity contribution in [3.8, 4) is 0 Å². The summed E-state index contributed by atoms with van der Waals surface area (Å²) in [7, 11) is -3.42. The molecule has 26 heavy (non-hydrogen) atoms. The van der Waals surface area contributed by atoms with Gasteiger partial charge in [-0.15, -0.1) is 0 Å². The van der Waals surface area contributed by atoms with Gasteiger partial charge in [-0.1, -0.05) is 6.07 Å². The fraction of sp³-hybridized carbons (Fsp3) is 0.235. The van der Waals surface area contributed by atoms with Crippen LogP contribution in [0.25, 0.3) is 0 Å². The minimum absolute atomic E-state index is 0.0453. The number of amides is 1. The zero-order valence-corrected chi connectivity index (χ0v) is 14.3. The highest BCUT2D eigenvalue weighted by Crippen LogP contribution is 2.26. The van der Waals surface area contributed by atoms with Crippen LogP contribution in [0.2, 0.25) is 0 Å². The van der Waals surface area contributed by atoms with E-state index in [4.69, 9.17) is 0 Å². The first-order valence-electron chi connectivity index (χ1n) is 7.85. The predicted octanol–water partition coefficient (Wildman–Crippen LogP) is 3.29. The molecule has 0 atom stereocenters. The molecule has 1 N–H and O–H groups in total. The Morgan fingerprint density at radius 1 is 1.04 bits per heavy atom. The van der Waals surface area contributed by atoms with E-state index in [0.717, 1.165) is 12.5 Å². The van der Waals surface area contributed by atoms with E-state index in [0.29, 0.717) is 24.7 Å². The first-order valence-corrected chi connectivity index (χ1v) is 9.46. The molecule has 0 unspecified atom stereocenters. The lowest BCUT2D eigenvalue weighted by atomic mass is 10.1. The van der Waals surface area contributed by atoms with Gasteiger partial charge in [0.25, 0.3) is 5.91 Å². The normalized spacial score (nSPS) is 16.3. The number of sulfonamides is 1. The van der Waals surface area contributed by atoms with Gasteiger partial charge in [-0.25, -0.2) is 21.6 Å². The minimum Gasteiger partial charge on any atom is -0.322 e. The van der Waals surface area contributed by atoms with E-state index in [2.05, 4.69) is 5.32 Å². The Morgan fingerprint density at radius 3 is 2.54 bits per heavy atom. The maximum atomic E-state index is 13.7. The maximum Gasteiger partial charge on any atom is 0.258 e. The molecule has 0 aliphatic carbocycles. The molecule has 9 heteroatoms. The zero-order valence-electron chi connectivity index (χ0n) is 13.5. The van der Waals surface area contributed by atoms with Crippen molar-refractivity contribution in [2.24, 2.45) is 0 Å². The molecule has 2 aromatic carbocycles. The van der Waals surface area contributed by atoms with Crippen LogP contribution in [-0.4, -0.2) is 26.6 Å². The fourth-order valence-electron chi connectivity index (χ4n) is 2.72. The van der Waals surface area contributed by atoms with Crippen molar-refractivity contribution in [1.82, 2.24) is 0 Å². The van der Waals surface area contributed by atoms with Gasteiger partial charge in [0.2, 0.25) is 10.0 Å². The molecule has 0 radical (unpaired) electrons. The van der Waals surface area contributed by atoms with Crippen molar-refractivity contribution < 1.29 is 26.4 Å². The van der Waals surface area contributed by atoms with Crippen LogP contribution in [0.5, 0.6) is 0 Å². The smallest absolute Gasteiger partial charge is 0.258 e. The van der Waals surface area contributed by atoms with Crippen LogP contribution in [0, 0.1) is 17.5 Å². The quantitative estimate of drug-likeness (QED) is 0.826.